The standard InChI is InChI=1S/C13H11Cl2NO/c14-10-3-1-2-4-12(10)16-8-9-5-6-13(17)11(15)7-9/h1-7,16-17H,8H2. The van der Waals surface area contributed by atoms with Crippen LogP contribution < -0.4 is 5.32 Å². The second-order valence-electron chi connectivity index (χ2n) is 3.62. The first-order valence-corrected chi connectivity index (χ1v) is 5.88. The van der Waals surface area contributed by atoms with E-state index in [-0.39, 0.29) is 5.75 Å². The molecule has 0 bridgehead atoms. The number of phenols is 1. The number of nitrogens with one attached hydrogen (secondary N) is 1. The Balaban J connectivity index is 2.08. The third kappa shape index (κ3) is 3.05. The van der Waals surface area contributed by atoms with Gasteiger partial charge in [-0.05, 0) is 29.8 Å². The van der Waals surface area contributed by atoms with Gasteiger partial charge in [-0.2, -0.15) is 0 Å². The van der Waals surface area contributed by atoms with E-state index < -0.39 is 0 Å². The molecule has 0 aliphatic heterocycles. The SMILES string of the molecule is Oc1ccc(CNc2ccccc2Cl)cc1Cl. The summed E-state index contributed by atoms with van der Waals surface area (Å²) in [4.78, 5) is 0. The van der Waals surface area contributed by atoms with Crippen molar-refractivity contribution in [3.05, 3.63) is 58.1 Å². The molecule has 0 amide bonds. The number of hydrogen-bond acceptors (Lipinski definition) is 2. The summed E-state index contributed by atoms with van der Waals surface area (Å²) in [5.74, 6) is 0.0909. The summed E-state index contributed by atoms with van der Waals surface area (Å²) >= 11 is 11.8. The molecule has 2 rings (SSSR count). The molecule has 4 heteroatoms. The second kappa shape index (κ2) is 5.30. The van der Waals surface area contributed by atoms with Gasteiger partial charge in [0, 0.05) is 6.54 Å². The summed E-state index contributed by atoms with van der Waals surface area (Å²) in [6, 6.07) is 12.6. The van der Waals surface area contributed by atoms with Gasteiger partial charge in [0.25, 0.3) is 0 Å². The fourth-order valence-corrected chi connectivity index (χ4v) is 1.87. The Morgan fingerprint density at radius 2 is 1.76 bits per heavy atom. The lowest BCUT2D eigenvalue weighted by atomic mass is 10.2. The largest absolute Gasteiger partial charge is 0.506 e. The minimum Gasteiger partial charge on any atom is -0.506 e. The van der Waals surface area contributed by atoms with Gasteiger partial charge in [-0.3, -0.25) is 0 Å². The molecule has 0 aromatic heterocycles. The fourth-order valence-electron chi connectivity index (χ4n) is 1.46. The van der Waals surface area contributed by atoms with E-state index in [9.17, 15) is 5.11 Å². The Morgan fingerprint density at radius 3 is 2.47 bits per heavy atom. The Kier molecular flexibility index (Phi) is 3.77. The van der Waals surface area contributed by atoms with Crippen LogP contribution in [0.5, 0.6) is 5.75 Å². The van der Waals surface area contributed by atoms with Crippen molar-refractivity contribution in [2.75, 3.05) is 5.32 Å². The zero-order valence-corrected chi connectivity index (χ0v) is 10.5. The highest BCUT2D eigenvalue weighted by molar-refractivity contribution is 6.33. The normalized spacial score (nSPS) is 10.2. The first-order chi connectivity index (χ1) is 8.16. The van der Waals surface area contributed by atoms with Gasteiger partial charge in [0.1, 0.15) is 5.75 Å². The highest BCUT2D eigenvalue weighted by Crippen LogP contribution is 2.25. The molecular weight excluding hydrogens is 257 g/mol. The smallest absolute Gasteiger partial charge is 0.134 e. The van der Waals surface area contributed by atoms with Gasteiger partial charge in [0.2, 0.25) is 0 Å². The zero-order chi connectivity index (χ0) is 12.3. The maximum absolute atomic E-state index is 9.30. The van der Waals surface area contributed by atoms with Crippen LogP contribution in [0, 0.1) is 0 Å². The van der Waals surface area contributed by atoms with E-state index in [0.29, 0.717) is 16.6 Å². The van der Waals surface area contributed by atoms with E-state index in [1.807, 2.05) is 30.3 Å². The van der Waals surface area contributed by atoms with Gasteiger partial charge in [0.15, 0.2) is 0 Å². The van der Waals surface area contributed by atoms with E-state index >= 15 is 0 Å². The number of rotatable bonds is 3. The molecule has 0 unspecified atom stereocenters. The molecule has 0 spiro atoms. The van der Waals surface area contributed by atoms with Crippen LogP contribution in [-0.4, -0.2) is 5.11 Å². The van der Waals surface area contributed by atoms with Crippen LogP contribution >= 0.6 is 23.2 Å². The van der Waals surface area contributed by atoms with Crippen LogP contribution in [0.1, 0.15) is 5.56 Å². The predicted octanol–water partition coefficient (Wildman–Crippen LogP) is 4.31. The molecule has 2 nitrogen and oxygen atoms in total. The summed E-state index contributed by atoms with van der Waals surface area (Å²) in [6.45, 7) is 0.601. The third-order valence-electron chi connectivity index (χ3n) is 2.37. The lowest BCUT2D eigenvalue weighted by molar-refractivity contribution is 0.475. The van der Waals surface area contributed by atoms with Crippen molar-refractivity contribution in [3.8, 4) is 5.75 Å². The van der Waals surface area contributed by atoms with E-state index in [1.54, 1.807) is 12.1 Å². The number of anilines is 1. The van der Waals surface area contributed by atoms with Crippen LogP contribution in [0.15, 0.2) is 42.5 Å². The van der Waals surface area contributed by atoms with Crippen molar-refractivity contribution in [1.82, 2.24) is 0 Å². The Labute approximate surface area is 110 Å². The van der Waals surface area contributed by atoms with Crippen molar-refractivity contribution < 1.29 is 5.11 Å². The fraction of sp³-hybridized carbons (Fsp3) is 0.0769. The van der Waals surface area contributed by atoms with Crippen molar-refractivity contribution in [2.45, 2.75) is 6.54 Å². The van der Waals surface area contributed by atoms with E-state index in [1.165, 1.54) is 0 Å². The van der Waals surface area contributed by atoms with Crippen molar-refractivity contribution in [1.29, 1.82) is 0 Å². The van der Waals surface area contributed by atoms with Crippen LogP contribution in [0.4, 0.5) is 5.69 Å². The van der Waals surface area contributed by atoms with Gasteiger partial charge in [-0.1, -0.05) is 41.4 Å². The van der Waals surface area contributed by atoms with Crippen molar-refractivity contribution >= 4 is 28.9 Å². The molecule has 0 saturated carbocycles. The molecule has 88 valence electrons. The second-order valence-corrected chi connectivity index (χ2v) is 4.43. The highest BCUT2D eigenvalue weighted by Gasteiger charge is 2.01. The average Bonchev–Trinajstić information content (AvgIpc) is 2.32. The molecule has 2 aromatic rings. The zero-order valence-electron chi connectivity index (χ0n) is 8.95. The first kappa shape index (κ1) is 12.1. The van der Waals surface area contributed by atoms with Crippen LogP contribution in [0.25, 0.3) is 0 Å². The minimum atomic E-state index is 0.0909. The van der Waals surface area contributed by atoms with Gasteiger partial charge in [-0.25, -0.2) is 0 Å². The maximum Gasteiger partial charge on any atom is 0.134 e. The Bertz CT molecular complexity index is 529. The molecule has 0 fully saturated rings. The number of para-hydroxylation sites is 1. The van der Waals surface area contributed by atoms with E-state index in [0.717, 1.165) is 11.3 Å². The van der Waals surface area contributed by atoms with Crippen LogP contribution in [0.3, 0.4) is 0 Å². The van der Waals surface area contributed by atoms with Crippen LogP contribution in [-0.2, 0) is 6.54 Å². The summed E-state index contributed by atoms with van der Waals surface area (Å²) < 4.78 is 0. The molecule has 0 saturated heterocycles. The number of benzene rings is 2. The molecule has 0 atom stereocenters. The predicted molar refractivity (Wildman–Crippen MR) is 71.9 cm³/mol. The maximum atomic E-state index is 9.30. The van der Waals surface area contributed by atoms with Crippen LogP contribution in [0.2, 0.25) is 10.0 Å². The molecule has 2 N–H and O–H groups in total. The molecule has 0 aliphatic rings. The molecule has 2 aromatic carbocycles. The summed E-state index contributed by atoms with van der Waals surface area (Å²) in [6.07, 6.45) is 0. The van der Waals surface area contributed by atoms with Crippen molar-refractivity contribution in [2.24, 2.45) is 0 Å². The molecule has 0 heterocycles. The number of halogens is 2. The summed E-state index contributed by atoms with van der Waals surface area (Å²) in [5, 5.41) is 13.5. The number of hydrogen-bond donors (Lipinski definition) is 2. The lowest BCUT2D eigenvalue weighted by Crippen LogP contribution is -1.99. The number of phenolic OH excluding ortho intramolecular Hbond substituents is 1. The average molecular weight is 268 g/mol. The Hall–Kier alpha value is -1.38. The number of aromatic hydroxyl groups is 1. The lowest BCUT2D eigenvalue weighted by Gasteiger charge is -2.08. The minimum absolute atomic E-state index is 0.0909. The summed E-state index contributed by atoms with van der Waals surface area (Å²) in [5.41, 5.74) is 1.85. The molecule has 0 aliphatic carbocycles. The van der Waals surface area contributed by atoms with Gasteiger partial charge in [-0.15, -0.1) is 0 Å². The molecule has 17 heavy (non-hydrogen) atoms. The van der Waals surface area contributed by atoms with Crippen molar-refractivity contribution in [3.63, 3.8) is 0 Å². The van der Waals surface area contributed by atoms with Gasteiger partial charge in [0.05, 0.1) is 15.7 Å². The van der Waals surface area contributed by atoms with E-state index in [4.69, 9.17) is 23.2 Å². The topological polar surface area (TPSA) is 32.3 Å². The summed E-state index contributed by atoms with van der Waals surface area (Å²) in [7, 11) is 0. The molecule has 0 radical (unpaired) electrons. The highest BCUT2D eigenvalue weighted by atomic mass is 35.5. The Morgan fingerprint density at radius 1 is 1.00 bits per heavy atom. The van der Waals surface area contributed by atoms with E-state index in [2.05, 4.69) is 5.32 Å². The first-order valence-electron chi connectivity index (χ1n) is 5.12. The molecular formula is C13H11Cl2NO. The quantitative estimate of drug-likeness (QED) is 0.869. The van der Waals surface area contributed by atoms with Gasteiger partial charge >= 0.3 is 0 Å². The monoisotopic (exact) mass is 267 g/mol. The van der Waals surface area contributed by atoms with Gasteiger partial charge < -0.3 is 10.4 Å². The third-order valence-corrected chi connectivity index (χ3v) is 3.00.